The maximum Gasteiger partial charge on any atom is 0.256 e. The first-order chi connectivity index (χ1) is 12.5. The number of nitrogens with zero attached hydrogens (tertiary/aromatic N) is 1. The Bertz CT molecular complexity index is 893. The van der Waals surface area contributed by atoms with Gasteiger partial charge in [-0.3, -0.25) is 4.79 Å². The van der Waals surface area contributed by atoms with Crippen molar-refractivity contribution in [1.82, 2.24) is 4.98 Å². The number of methoxy groups -OCH3 is 1. The highest BCUT2D eigenvalue weighted by molar-refractivity contribution is 6.35. The molecular formula is C19H15Cl2N3O2. The summed E-state index contributed by atoms with van der Waals surface area (Å²) in [6.07, 6.45) is 1.61. The molecule has 2 N–H and O–H groups in total. The average molecular weight is 388 g/mol. The maximum atomic E-state index is 12.2. The first kappa shape index (κ1) is 18.0. The van der Waals surface area contributed by atoms with E-state index in [0.717, 1.165) is 11.4 Å². The molecule has 0 spiro atoms. The smallest absolute Gasteiger partial charge is 0.256 e. The Hall–Kier alpha value is -2.76. The van der Waals surface area contributed by atoms with Crippen molar-refractivity contribution in [2.24, 2.45) is 0 Å². The van der Waals surface area contributed by atoms with Crippen molar-refractivity contribution in [3.8, 4) is 5.75 Å². The second kappa shape index (κ2) is 8.08. The molecule has 26 heavy (non-hydrogen) atoms. The predicted octanol–water partition coefficient (Wildman–Crippen LogP) is 5.39. The fourth-order valence-electron chi connectivity index (χ4n) is 2.27. The van der Waals surface area contributed by atoms with E-state index >= 15 is 0 Å². The largest absolute Gasteiger partial charge is 0.497 e. The van der Waals surface area contributed by atoms with Crippen LogP contribution in [0.15, 0.2) is 60.8 Å². The summed E-state index contributed by atoms with van der Waals surface area (Å²) in [5.74, 6) is 0.888. The lowest BCUT2D eigenvalue weighted by Crippen LogP contribution is -2.12. The highest BCUT2D eigenvalue weighted by atomic mass is 35.5. The number of halogens is 2. The molecule has 0 atom stereocenters. The van der Waals surface area contributed by atoms with Gasteiger partial charge >= 0.3 is 0 Å². The molecule has 1 heterocycles. The third-order valence-electron chi connectivity index (χ3n) is 3.51. The summed E-state index contributed by atoms with van der Waals surface area (Å²) >= 11 is 12.0. The highest BCUT2D eigenvalue weighted by Crippen LogP contribution is 2.25. The van der Waals surface area contributed by atoms with E-state index in [0.29, 0.717) is 27.2 Å². The van der Waals surface area contributed by atoms with Gasteiger partial charge in [0, 0.05) is 21.3 Å². The number of anilines is 3. The molecule has 0 bridgehead atoms. The molecule has 5 nitrogen and oxygen atoms in total. The fraction of sp³-hybridized carbons (Fsp3) is 0.0526. The Morgan fingerprint density at radius 3 is 2.23 bits per heavy atom. The van der Waals surface area contributed by atoms with Crippen LogP contribution in [0.1, 0.15) is 10.4 Å². The number of carbonyl (C=O) groups is 1. The quantitative estimate of drug-likeness (QED) is 0.615. The van der Waals surface area contributed by atoms with E-state index in [4.69, 9.17) is 27.9 Å². The molecule has 0 radical (unpaired) electrons. The van der Waals surface area contributed by atoms with Gasteiger partial charge in [-0.25, -0.2) is 4.98 Å². The molecule has 0 saturated carbocycles. The Morgan fingerprint density at radius 2 is 1.65 bits per heavy atom. The molecule has 0 fully saturated rings. The summed E-state index contributed by atoms with van der Waals surface area (Å²) in [6.45, 7) is 0. The second-order valence-corrected chi connectivity index (χ2v) is 6.27. The molecule has 0 aliphatic heterocycles. The van der Waals surface area contributed by atoms with Crippen molar-refractivity contribution in [2.45, 2.75) is 0 Å². The standard InChI is InChI=1S/C19H15Cl2N3O2/c1-26-17-5-2-12(3-6-17)19(25)24-18-7-4-15(11-22-18)23-16-9-13(20)8-14(21)10-16/h2-11,23H,1H3,(H,22,24,25). The lowest BCUT2D eigenvalue weighted by Gasteiger charge is -2.09. The van der Waals surface area contributed by atoms with Crippen LogP contribution in [0.3, 0.4) is 0 Å². The number of ether oxygens (including phenoxy) is 1. The highest BCUT2D eigenvalue weighted by Gasteiger charge is 2.07. The minimum absolute atomic E-state index is 0.248. The predicted molar refractivity (Wildman–Crippen MR) is 105 cm³/mol. The van der Waals surface area contributed by atoms with E-state index < -0.39 is 0 Å². The zero-order chi connectivity index (χ0) is 18.5. The summed E-state index contributed by atoms with van der Waals surface area (Å²) in [4.78, 5) is 16.5. The third kappa shape index (κ3) is 4.65. The van der Waals surface area contributed by atoms with Crippen LogP contribution in [-0.2, 0) is 0 Å². The zero-order valence-electron chi connectivity index (χ0n) is 13.8. The van der Waals surface area contributed by atoms with Crippen molar-refractivity contribution >= 4 is 46.3 Å². The van der Waals surface area contributed by atoms with E-state index in [2.05, 4.69) is 15.6 Å². The van der Waals surface area contributed by atoms with Crippen LogP contribution in [0.25, 0.3) is 0 Å². The molecule has 1 aromatic heterocycles. The van der Waals surface area contributed by atoms with Gasteiger partial charge in [-0.1, -0.05) is 23.2 Å². The van der Waals surface area contributed by atoms with Crippen LogP contribution in [0.2, 0.25) is 10.0 Å². The van der Waals surface area contributed by atoms with Crippen LogP contribution < -0.4 is 15.4 Å². The lowest BCUT2D eigenvalue weighted by atomic mass is 10.2. The molecule has 3 aromatic rings. The topological polar surface area (TPSA) is 63.2 Å². The Labute approximate surface area is 160 Å². The summed E-state index contributed by atoms with van der Waals surface area (Å²) in [5, 5.41) is 6.97. The maximum absolute atomic E-state index is 12.2. The van der Waals surface area contributed by atoms with E-state index in [1.54, 1.807) is 67.9 Å². The molecule has 7 heteroatoms. The molecule has 0 unspecified atom stereocenters. The number of carbonyl (C=O) groups excluding carboxylic acids is 1. The average Bonchev–Trinajstić information content (AvgIpc) is 2.62. The van der Waals surface area contributed by atoms with E-state index in [1.165, 1.54) is 0 Å². The van der Waals surface area contributed by atoms with Crippen LogP contribution in [0.4, 0.5) is 17.2 Å². The van der Waals surface area contributed by atoms with Crippen molar-refractivity contribution in [1.29, 1.82) is 0 Å². The summed E-state index contributed by atoms with van der Waals surface area (Å²) in [7, 11) is 1.58. The number of hydrogen-bond donors (Lipinski definition) is 2. The first-order valence-electron chi connectivity index (χ1n) is 7.68. The fourth-order valence-corrected chi connectivity index (χ4v) is 2.79. The first-order valence-corrected chi connectivity index (χ1v) is 8.43. The van der Waals surface area contributed by atoms with Gasteiger partial charge in [-0.2, -0.15) is 0 Å². The molecule has 132 valence electrons. The van der Waals surface area contributed by atoms with E-state index in [-0.39, 0.29) is 5.91 Å². The van der Waals surface area contributed by atoms with E-state index in [9.17, 15) is 4.79 Å². The van der Waals surface area contributed by atoms with E-state index in [1.807, 2.05) is 0 Å². The van der Waals surface area contributed by atoms with Crippen LogP contribution in [0, 0.1) is 0 Å². The number of hydrogen-bond acceptors (Lipinski definition) is 4. The van der Waals surface area contributed by atoms with Crippen molar-refractivity contribution < 1.29 is 9.53 Å². The SMILES string of the molecule is COc1ccc(C(=O)Nc2ccc(Nc3cc(Cl)cc(Cl)c3)cn2)cc1. The summed E-state index contributed by atoms with van der Waals surface area (Å²) in [6, 6.07) is 15.5. The minimum Gasteiger partial charge on any atom is -0.497 e. The normalized spacial score (nSPS) is 10.3. The molecule has 1 amide bonds. The van der Waals surface area contributed by atoms with Gasteiger partial charge in [0.05, 0.1) is 19.0 Å². The van der Waals surface area contributed by atoms with Gasteiger partial charge in [-0.15, -0.1) is 0 Å². The zero-order valence-corrected chi connectivity index (χ0v) is 15.3. The van der Waals surface area contributed by atoms with Crippen molar-refractivity contribution in [3.05, 3.63) is 76.4 Å². The number of rotatable bonds is 5. The van der Waals surface area contributed by atoms with Crippen molar-refractivity contribution in [2.75, 3.05) is 17.7 Å². The minimum atomic E-state index is -0.248. The number of aromatic nitrogens is 1. The molecule has 0 aliphatic rings. The Morgan fingerprint density at radius 1 is 0.962 bits per heavy atom. The monoisotopic (exact) mass is 387 g/mol. The number of nitrogens with one attached hydrogen (secondary N) is 2. The van der Waals surface area contributed by atoms with Gasteiger partial charge in [-0.05, 0) is 54.6 Å². The Balaban J connectivity index is 1.66. The summed E-state index contributed by atoms with van der Waals surface area (Å²) < 4.78 is 5.08. The second-order valence-electron chi connectivity index (χ2n) is 5.40. The van der Waals surface area contributed by atoms with Crippen LogP contribution in [0.5, 0.6) is 5.75 Å². The third-order valence-corrected chi connectivity index (χ3v) is 3.94. The summed E-state index contributed by atoms with van der Waals surface area (Å²) in [5.41, 5.74) is 2.01. The number of amides is 1. The molecule has 0 saturated heterocycles. The number of pyridine rings is 1. The molecular weight excluding hydrogens is 373 g/mol. The number of benzene rings is 2. The van der Waals surface area contributed by atoms with Gasteiger partial charge in [0.2, 0.25) is 0 Å². The molecule has 2 aromatic carbocycles. The lowest BCUT2D eigenvalue weighted by molar-refractivity contribution is 0.102. The van der Waals surface area contributed by atoms with Gasteiger partial charge in [0.25, 0.3) is 5.91 Å². The van der Waals surface area contributed by atoms with Crippen LogP contribution >= 0.6 is 23.2 Å². The van der Waals surface area contributed by atoms with Crippen LogP contribution in [-0.4, -0.2) is 18.0 Å². The van der Waals surface area contributed by atoms with Gasteiger partial charge in [0.15, 0.2) is 0 Å². The molecule has 0 aliphatic carbocycles. The van der Waals surface area contributed by atoms with Gasteiger partial charge in [0.1, 0.15) is 11.6 Å². The Kier molecular flexibility index (Phi) is 5.61. The van der Waals surface area contributed by atoms with Crippen molar-refractivity contribution in [3.63, 3.8) is 0 Å². The van der Waals surface area contributed by atoms with Gasteiger partial charge < -0.3 is 15.4 Å². The molecule has 3 rings (SSSR count).